The standard InChI is InChI=1S/C19H23N3O4S/c1-5-26-13-8-7-11(9-14(13)25-4)12-10-15(23)20-17-16(12)18(24)21-19(22(17)3)27-6-2/h7-9,12H,5-6,10H2,1-4H3,(H,20,23). The highest BCUT2D eigenvalue weighted by Gasteiger charge is 2.32. The van der Waals surface area contributed by atoms with Crippen LogP contribution in [-0.2, 0) is 11.8 Å². The van der Waals surface area contributed by atoms with Crippen molar-refractivity contribution in [1.82, 2.24) is 9.55 Å². The molecule has 1 amide bonds. The van der Waals surface area contributed by atoms with Gasteiger partial charge < -0.3 is 19.4 Å². The second kappa shape index (κ2) is 8.04. The summed E-state index contributed by atoms with van der Waals surface area (Å²) in [5.74, 6) is 1.99. The van der Waals surface area contributed by atoms with Gasteiger partial charge in [0.25, 0.3) is 5.56 Å². The van der Waals surface area contributed by atoms with Crippen molar-refractivity contribution < 1.29 is 14.3 Å². The monoisotopic (exact) mass is 389 g/mol. The fraction of sp³-hybridized carbons (Fsp3) is 0.421. The zero-order chi connectivity index (χ0) is 19.6. The Morgan fingerprint density at radius 1 is 1.30 bits per heavy atom. The Hall–Kier alpha value is -2.48. The Morgan fingerprint density at radius 3 is 2.74 bits per heavy atom. The van der Waals surface area contributed by atoms with E-state index in [0.717, 1.165) is 11.3 Å². The molecule has 0 spiro atoms. The zero-order valence-corrected chi connectivity index (χ0v) is 16.7. The Balaban J connectivity index is 2.13. The number of amides is 1. The molecule has 7 nitrogen and oxygen atoms in total. The molecule has 1 atom stereocenters. The number of carbonyl (C=O) groups excluding carboxylic acids is 1. The molecule has 1 aromatic heterocycles. The lowest BCUT2D eigenvalue weighted by atomic mass is 9.86. The number of nitrogens with zero attached hydrogens (tertiary/aromatic N) is 2. The molecule has 144 valence electrons. The van der Waals surface area contributed by atoms with Crippen LogP contribution in [0, 0.1) is 0 Å². The third-order valence-electron chi connectivity index (χ3n) is 4.46. The van der Waals surface area contributed by atoms with Gasteiger partial charge in [0.05, 0.1) is 19.3 Å². The highest BCUT2D eigenvalue weighted by Crippen LogP contribution is 2.39. The van der Waals surface area contributed by atoms with Crippen LogP contribution in [0.3, 0.4) is 0 Å². The van der Waals surface area contributed by atoms with Crippen LogP contribution in [-0.4, -0.2) is 34.9 Å². The van der Waals surface area contributed by atoms with E-state index in [1.54, 1.807) is 11.7 Å². The van der Waals surface area contributed by atoms with Crippen LogP contribution in [0.4, 0.5) is 5.82 Å². The molecule has 0 fully saturated rings. The lowest BCUT2D eigenvalue weighted by Gasteiger charge is -2.27. The fourth-order valence-electron chi connectivity index (χ4n) is 3.25. The summed E-state index contributed by atoms with van der Waals surface area (Å²) in [6, 6.07) is 5.50. The van der Waals surface area contributed by atoms with Crippen molar-refractivity contribution in [2.75, 3.05) is 24.8 Å². The maximum atomic E-state index is 12.8. The van der Waals surface area contributed by atoms with Crippen molar-refractivity contribution in [2.24, 2.45) is 7.05 Å². The van der Waals surface area contributed by atoms with Crippen LogP contribution in [0.25, 0.3) is 0 Å². The van der Waals surface area contributed by atoms with E-state index >= 15 is 0 Å². The molecular weight excluding hydrogens is 366 g/mol. The van der Waals surface area contributed by atoms with Crippen molar-refractivity contribution in [1.29, 1.82) is 0 Å². The second-order valence-corrected chi connectivity index (χ2v) is 7.33. The number of methoxy groups -OCH3 is 1. The highest BCUT2D eigenvalue weighted by molar-refractivity contribution is 7.99. The summed E-state index contributed by atoms with van der Waals surface area (Å²) in [4.78, 5) is 29.4. The summed E-state index contributed by atoms with van der Waals surface area (Å²) in [6.45, 7) is 4.41. The SMILES string of the molecule is CCOc1ccc(C2CC(=O)Nc3c2c(=O)nc(SCC)n3C)cc1OC. The predicted molar refractivity (Wildman–Crippen MR) is 105 cm³/mol. The van der Waals surface area contributed by atoms with Crippen molar-refractivity contribution in [3.05, 3.63) is 39.7 Å². The minimum atomic E-state index is -0.384. The molecule has 8 heteroatoms. The molecule has 0 bridgehead atoms. The van der Waals surface area contributed by atoms with Crippen LogP contribution in [0.5, 0.6) is 11.5 Å². The summed E-state index contributed by atoms with van der Waals surface area (Å²) in [5.41, 5.74) is 1.02. The number of nitrogens with one attached hydrogen (secondary N) is 1. The summed E-state index contributed by atoms with van der Waals surface area (Å²) in [5, 5.41) is 3.43. The van der Waals surface area contributed by atoms with Gasteiger partial charge >= 0.3 is 0 Å². The summed E-state index contributed by atoms with van der Waals surface area (Å²) >= 11 is 1.46. The molecule has 1 unspecified atom stereocenters. The fourth-order valence-corrected chi connectivity index (χ4v) is 3.94. The van der Waals surface area contributed by atoms with Gasteiger partial charge in [-0.15, -0.1) is 0 Å². The quantitative estimate of drug-likeness (QED) is 0.604. The maximum Gasteiger partial charge on any atom is 0.279 e. The van der Waals surface area contributed by atoms with Gasteiger partial charge in [0.2, 0.25) is 5.91 Å². The van der Waals surface area contributed by atoms with Crippen LogP contribution in [0.15, 0.2) is 28.2 Å². The average Bonchev–Trinajstić information content (AvgIpc) is 2.66. The number of anilines is 1. The highest BCUT2D eigenvalue weighted by atomic mass is 32.2. The first-order valence-electron chi connectivity index (χ1n) is 8.84. The van der Waals surface area contributed by atoms with Gasteiger partial charge in [-0.05, 0) is 30.4 Å². The van der Waals surface area contributed by atoms with Gasteiger partial charge in [0, 0.05) is 19.4 Å². The topological polar surface area (TPSA) is 82.5 Å². The molecule has 0 saturated heterocycles. The molecule has 2 aromatic rings. The van der Waals surface area contributed by atoms with E-state index in [1.807, 2.05) is 39.1 Å². The molecule has 3 rings (SSSR count). The molecule has 2 heterocycles. The first kappa shape index (κ1) is 19.3. The van der Waals surface area contributed by atoms with Gasteiger partial charge in [0.15, 0.2) is 16.7 Å². The van der Waals surface area contributed by atoms with Gasteiger partial charge in [-0.25, -0.2) is 0 Å². The van der Waals surface area contributed by atoms with Crippen LogP contribution in [0.2, 0.25) is 0 Å². The number of hydrogen-bond acceptors (Lipinski definition) is 6. The number of carbonyl (C=O) groups is 1. The molecule has 27 heavy (non-hydrogen) atoms. The number of fused-ring (bicyclic) bond motifs is 1. The molecule has 0 radical (unpaired) electrons. The average molecular weight is 389 g/mol. The largest absolute Gasteiger partial charge is 0.493 e. The third-order valence-corrected chi connectivity index (χ3v) is 5.38. The van der Waals surface area contributed by atoms with Gasteiger partial charge in [-0.2, -0.15) is 4.98 Å². The van der Waals surface area contributed by atoms with Crippen LogP contribution < -0.4 is 20.3 Å². The molecule has 0 aliphatic carbocycles. The second-order valence-electron chi connectivity index (χ2n) is 6.10. The lowest BCUT2D eigenvalue weighted by Crippen LogP contribution is -2.33. The van der Waals surface area contributed by atoms with E-state index < -0.39 is 0 Å². The minimum absolute atomic E-state index is 0.131. The molecular formula is C19H23N3O4S. The summed E-state index contributed by atoms with van der Waals surface area (Å²) in [7, 11) is 3.38. The van der Waals surface area contributed by atoms with E-state index in [-0.39, 0.29) is 23.8 Å². The molecule has 1 aromatic carbocycles. The number of ether oxygens (including phenoxy) is 2. The molecule has 1 aliphatic rings. The van der Waals surface area contributed by atoms with Crippen LogP contribution >= 0.6 is 11.8 Å². The first-order chi connectivity index (χ1) is 13.0. The van der Waals surface area contributed by atoms with Crippen molar-refractivity contribution >= 4 is 23.5 Å². The minimum Gasteiger partial charge on any atom is -0.493 e. The molecule has 0 saturated carbocycles. The van der Waals surface area contributed by atoms with E-state index in [2.05, 4.69) is 10.3 Å². The Bertz CT molecular complexity index is 926. The van der Waals surface area contributed by atoms with Crippen molar-refractivity contribution in [3.8, 4) is 11.5 Å². The van der Waals surface area contributed by atoms with E-state index in [0.29, 0.717) is 34.6 Å². The lowest BCUT2D eigenvalue weighted by molar-refractivity contribution is -0.116. The summed E-state index contributed by atoms with van der Waals surface area (Å²) < 4.78 is 12.8. The number of thioether (sulfide) groups is 1. The Labute approximate surface area is 162 Å². The molecule has 1 aliphatic heterocycles. The number of rotatable bonds is 6. The Morgan fingerprint density at radius 2 is 2.07 bits per heavy atom. The van der Waals surface area contributed by atoms with E-state index in [9.17, 15) is 9.59 Å². The normalized spacial score (nSPS) is 15.9. The molecule has 1 N–H and O–H groups in total. The smallest absolute Gasteiger partial charge is 0.279 e. The third kappa shape index (κ3) is 3.66. The van der Waals surface area contributed by atoms with Gasteiger partial charge in [-0.1, -0.05) is 24.8 Å². The van der Waals surface area contributed by atoms with E-state index in [1.165, 1.54) is 11.8 Å². The first-order valence-corrected chi connectivity index (χ1v) is 9.82. The Kier molecular flexibility index (Phi) is 5.74. The number of hydrogen-bond donors (Lipinski definition) is 1. The van der Waals surface area contributed by atoms with E-state index in [4.69, 9.17) is 9.47 Å². The zero-order valence-electron chi connectivity index (χ0n) is 15.9. The summed E-state index contributed by atoms with van der Waals surface area (Å²) in [6.07, 6.45) is 0.182. The number of aromatic nitrogens is 2. The van der Waals surface area contributed by atoms with Crippen molar-refractivity contribution in [2.45, 2.75) is 31.3 Å². The van der Waals surface area contributed by atoms with Crippen molar-refractivity contribution in [3.63, 3.8) is 0 Å². The maximum absolute atomic E-state index is 12.8. The number of benzene rings is 1. The van der Waals surface area contributed by atoms with Crippen LogP contribution in [0.1, 0.15) is 37.3 Å². The van der Waals surface area contributed by atoms with Gasteiger partial charge in [-0.3, -0.25) is 9.59 Å². The predicted octanol–water partition coefficient (Wildman–Crippen LogP) is 2.77. The van der Waals surface area contributed by atoms with Gasteiger partial charge in [0.1, 0.15) is 5.82 Å².